The van der Waals surface area contributed by atoms with E-state index in [9.17, 15) is 0 Å². The summed E-state index contributed by atoms with van der Waals surface area (Å²) in [6.45, 7) is 2.75. The standard InChI is InChI=1S/C17H22BrN3O2/c18-14-9-19-15-16(20-14)22-10-12-8-17(5-6-21(12)15)7-11-3-1-2-4-13(11)23-17/h1-4,12,14-16,19-20H,5-10H2/t12-,14?,15?,16?,17?/m1/s1. The number of rotatable bonds is 0. The summed E-state index contributed by atoms with van der Waals surface area (Å²) in [6.07, 6.45) is 3.51. The molecule has 4 aliphatic rings. The molecule has 2 N–H and O–H groups in total. The summed E-state index contributed by atoms with van der Waals surface area (Å²) < 4.78 is 12.5. The molecule has 5 rings (SSSR count). The van der Waals surface area contributed by atoms with Crippen LogP contribution in [0.1, 0.15) is 18.4 Å². The third kappa shape index (κ3) is 2.43. The largest absolute Gasteiger partial charge is 0.487 e. The van der Waals surface area contributed by atoms with Crippen molar-refractivity contribution in [3.8, 4) is 5.75 Å². The predicted octanol–water partition coefficient (Wildman–Crippen LogP) is 1.42. The molecule has 4 heterocycles. The molecule has 23 heavy (non-hydrogen) atoms. The molecule has 0 radical (unpaired) electrons. The highest BCUT2D eigenvalue weighted by atomic mass is 79.9. The van der Waals surface area contributed by atoms with E-state index in [2.05, 4.69) is 55.7 Å². The van der Waals surface area contributed by atoms with Crippen LogP contribution < -0.4 is 15.4 Å². The maximum absolute atomic E-state index is 6.41. The number of nitrogens with zero attached hydrogens (tertiary/aromatic N) is 1. The van der Waals surface area contributed by atoms with Gasteiger partial charge in [-0.25, -0.2) is 0 Å². The molecule has 6 heteroatoms. The minimum atomic E-state index is -0.0267. The van der Waals surface area contributed by atoms with E-state index in [-0.39, 0.29) is 22.9 Å². The Kier molecular flexibility index (Phi) is 3.46. The smallest absolute Gasteiger partial charge is 0.138 e. The van der Waals surface area contributed by atoms with Crippen LogP contribution in [0.4, 0.5) is 0 Å². The lowest BCUT2D eigenvalue weighted by molar-refractivity contribution is -0.167. The quantitative estimate of drug-likeness (QED) is 0.527. The maximum atomic E-state index is 6.41. The number of para-hydroxylation sites is 1. The second-order valence-electron chi connectivity index (χ2n) is 7.16. The molecule has 124 valence electrons. The first-order valence-corrected chi connectivity index (χ1v) is 9.42. The summed E-state index contributed by atoms with van der Waals surface area (Å²) in [5, 5.41) is 7.10. The number of hydrogen-bond acceptors (Lipinski definition) is 5. The van der Waals surface area contributed by atoms with Crippen LogP contribution in [0, 0.1) is 0 Å². The first-order valence-electron chi connectivity index (χ1n) is 8.50. The highest BCUT2D eigenvalue weighted by molar-refractivity contribution is 9.09. The SMILES string of the molecule is BrC1CNC2C(N1)OC[C@H]1CC3(CCN21)Cc1ccccc1O3. The number of morpholine rings is 1. The van der Waals surface area contributed by atoms with Crippen molar-refractivity contribution < 1.29 is 9.47 Å². The van der Waals surface area contributed by atoms with Gasteiger partial charge in [-0.1, -0.05) is 34.1 Å². The van der Waals surface area contributed by atoms with Gasteiger partial charge in [0.15, 0.2) is 0 Å². The van der Waals surface area contributed by atoms with Gasteiger partial charge in [-0.15, -0.1) is 0 Å². The van der Waals surface area contributed by atoms with E-state index in [4.69, 9.17) is 9.47 Å². The number of fused-ring (bicyclic) bond motifs is 4. The minimum absolute atomic E-state index is 0.0267. The van der Waals surface area contributed by atoms with Crippen molar-refractivity contribution in [3.05, 3.63) is 29.8 Å². The summed E-state index contributed by atoms with van der Waals surface area (Å²) in [4.78, 5) is 2.86. The van der Waals surface area contributed by atoms with Crippen LogP contribution in [0.5, 0.6) is 5.75 Å². The van der Waals surface area contributed by atoms with Crippen molar-refractivity contribution in [3.63, 3.8) is 0 Å². The molecule has 4 unspecified atom stereocenters. The average molecular weight is 380 g/mol. The first-order chi connectivity index (χ1) is 11.2. The number of piperidine rings is 1. The molecule has 3 saturated heterocycles. The highest BCUT2D eigenvalue weighted by Crippen LogP contribution is 2.43. The van der Waals surface area contributed by atoms with Crippen LogP contribution in [0.3, 0.4) is 0 Å². The van der Waals surface area contributed by atoms with E-state index in [0.29, 0.717) is 6.04 Å². The zero-order valence-electron chi connectivity index (χ0n) is 13.0. The topological polar surface area (TPSA) is 45.8 Å². The molecular formula is C17H22BrN3O2. The Bertz CT molecular complexity index is 588. The van der Waals surface area contributed by atoms with Crippen molar-refractivity contribution in [1.82, 2.24) is 15.5 Å². The van der Waals surface area contributed by atoms with Crippen LogP contribution in [-0.2, 0) is 11.2 Å². The molecule has 4 aliphatic heterocycles. The number of piperazine rings is 1. The number of alkyl halides is 1. The van der Waals surface area contributed by atoms with Gasteiger partial charge in [-0.2, -0.15) is 0 Å². The Morgan fingerprint density at radius 3 is 3.13 bits per heavy atom. The van der Waals surface area contributed by atoms with Gasteiger partial charge in [0.05, 0.1) is 11.6 Å². The molecule has 5 atom stereocenters. The van der Waals surface area contributed by atoms with Crippen LogP contribution in [0.2, 0.25) is 0 Å². The van der Waals surface area contributed by atoms with Gasteiger partial charge in [0.1, 0.15) is 23.7 Å². The fraction of sp³-hybridized carbons (Fsp3) is 0.647. The molecule has 0 aromatic heterocycles. The first kappa shape index (κ1) is 14.7. The van der Waals surface area contributed by atoms with Crippen LogP contribution in [0.25, 0.3) is 0 Å². The van der Waals surface area contributed by atoms with E-state index >= 15 is 0 Å². The van der Waals surface area contributed by atoms with Gasteiger partial charge in [0.2, 0.25) is 0 Å². The lowest BCUT2D eigenvalue weighted by Gasteiger charge is -2.54. The van der Waals surface area contributed by atoms with Crippen molar-refractivity contribution >= 4 is 15.9 Å². The van der Waals surface area contributed by atoms with Gasteiger partial charge in [-0.3, -0.25) is 15.5 Å². The highest BCUT2D eigenvalue weighted by Gasteiger charge is 2.50. The zero-order chi connectivity index (χ0) is 15.4. The molecule has 0 saturated carbocycles. The fourth-order valence-corrected chi connectivity index (χ4v) is 5.06. The van der Waals surface area contributed by atoms with E-state index < -0.39 is 0 Å². The summed E-state index contributed by atoms with van der Waals surface area (Å²) in [5.74, 6) is 1.08. The third-order valence-corrected chi connectivity index (χ3v) is 6.27. The minimum Gasteiger partial charge on any atom is -0.487 e. The number of benzene rings is 1. The summed E-state index contributed by atoms with van der Waals surface area (Å²) in [5.41, 5.74) is 1.33. The van der Waals surface area contributed by atoms with Crippen molar-refractivity contribution in [2.24, 2.45) is 0 Å². The summed E-state index contributed by atoms with van der Waals surface area (Å²) in [7, 11) is 0. The second kappa shape index (κ2) is 5.43. The second-order valence-corrected chi connectivity index (χ2v) is 8.26. The van der Waals surface area contributed by atoms with E-state index in [1.807, 2.05) is 0 Å². The normalized spacial score (nSPS) is 42.7. The molecule has 5 nitrogen and oxygen atoms in total. The Hall–Kier alpha value is -0.660. The number of halogens is 1. The zero-order valence-corrected chi connectivity index (χ0v) is 14.6. The Morgan fingerprint density at radius 1 is 1.30 bits per heavy atom. The Labute approximate surface area is 144 Å². The van der Waals surface area contributed by atoms with Gasteiger partial charge in [0, 0.05) is 38.4 Å². The predicted molar refractivity (Wildman–Crippen MR) is 90.6 cm³/mol. The van der Waals surface area contributed by atoms with Gasteiger partial charge < -0.3 is 9.47 Å². The average Bonchev–Trinajstić information content (AvgIpc) is 2.91. The van der Waals surface area contributed by atoms with Crippen LogP contribution >= 0.6 is 15.9 Å². The molecule has 0 aliphatic carbocycles. The molecule has 1 aromatic carbocycles. The Balaban J connectivity index is 1.34. The third-order valence-electron chi connectivity index (χ3n) is 5.68. The number of hydrogen-bond donors (Lipinski definition) is 2. The lowest BCUT2D eigenvalue weighted by Crippen LogP contribution is -2.73. The molecular weight excluding hydrogens is 358 g/mol. The summed E-state index contributed by atoms with van der Waals surface area (Å²) >= 11 is 3.61. The van der Waals surface area contributed by atoms with Crippen molar-refractivity contribution in [2.75, 3.05) is 19.7 Å². The Morgan fingerprint density at radius 2 is 2.22 bits per heavy atom. The molecule has 1 aromatic rings. The van der Waals surface area contributed by atoms with Gasteiger partial charge in [-0.05, 0) is 11.6 Å². The van der Waals surface area contributed by atoms with Crippen molar-refractivity contribution in [2.45, 2.75) is 48.3 Å². The lowest BCUT2D eigenvalue weighted by atomic mass is 9.82. The monoisotopic (exact) mass is 379 g/mol. The van der Waals surface area contributed by atoms with Gasteiger partial charge >= 0.3 is 0 Å². The summed E-state index contributed by atoms with van der Waals surface area (Å²) in [6, 6.07) is 8.91. The number of ether oxygens (including phenoxy) is 2. The van der Waals surface area contributed by atoms with Gasteiger partial charge in [0.25, 0.3) is 0 Å². The van der Waals surface area contributed by atoms with Crippen molar-refractivity contribution in [1.29, 1.82) is 0 Å². The van der Waals surface area contributed by atoms with E-state index in [1.165, 1.54) is 5.56 Å². The van der Waals surface area contributed by atoms with Crippen LogP contribution in [0.15, 0.2) is 24.3 Å². The molecule has 0 bridgehead atoms. The molecule has 1 spiro atoms. The molecule has 0 amide bonds. The maximum Gasteiger partial charge on any atom is 0.138 e. The van der Waals surface area contributed by atoms with E-state index in [1.54, 1.807) is 0 Å². The molecule has 3 fully saturated rings. The fourth-order valence-electron chi connectivity index (χ4n) is 4.61. The van der Waals surface area contributed by atoms with Crippen LogP contribution in [-0.4, -0.2) is 53.6 Å². The number of nitrogens with one attached hydrogen (secondary N) is 2. The van der Waals surface area contributed by atoms with E-state index in [0.717, 1.165) is 44.7 Å².